The maximum absolute atomic E-state index is 13.2. The average molecular weight is 419 g/mol. The molecule has 2 saturated heterocycles. The molecule has 1 saturated carbocycles. The number of benzene rings is 2. The molecule has 0 unspecified atom stereocenters. The van der Waals surface area contributed by atoms with E-state index in [9.17, 15) is 14.4 Å². The van der Waals surface area contributed by atoms with Crippen molar-refractivity contribution in [1.82, 2.24) is 14.7 Å². The minimum Gasteiger partial charge on any atom is -0.457 e. The molecule has 0 bridgehead atoms. The molecular formula is C24H25N3O4. The van der Waals surface area contributed by atoms with Crippen molar-refractivity contribution < 1.29 is 19.1 Å². The summed E-state index contributed by atoms with van der Waals surface area (Å²) in [5, 5.41) is 0. The lowest BCUT2D eigenvalue weighted by molar-refractivity contribution is -0.125. The van der Waals surface area contributed by atoms with E-state index in [1.807, 2.05) is 47.4 Å². The van der Waals surface area contributed by atoms with E-state index >= 15 is 0 Å². The summed E-state index contributed by atoms with van der Waals surface area (Å²) in [5.74, 6) is 1.05. The molecule has 160 valence electrons. The number of hydrogen-bond acceptors (Lipinski definition) is 4. The number of likely N-dealkylation sites (tertiary alicyclic amines) is 1. The second-order valence-electron chi connectivity index (χ2n) is 8.34. The maximum Gasteiger partial charge on any atom is 0.327 e. The lowest BCUT2D eigenvalue weighted by Crippen LogP contribution is -2.48. The first-order valence-electron chi connectivity index (χ1n) is 10.9. The van der Waals surface area contributed by atoms with Gasteiger partial charge in [-0.15, -0.1) is 0 Å². The van der Waals surface area contributed by atoms with Gasteiger partial charge in [-0.3, -0.25) is 14.5 Å². The molecule has 0 spiro atoms. The molecule has 7 heteroatoms. The van der Waals surface area contributed by atoms with Gasteiger partial charge in [-0.25, -0.2) is 4.79 Å². The number of nitrogens with zero attached hydrogens (tertiary/aromatic N) is 3. The Kier molecular flexibility index (Phi) is 5.10. The predicted molar refractivity (Wildman–Crippen MR) is 114 cm³/mol. The number of ether oxygens (including phenoxy) is 1. The highest BCUT2D eigenvalue weighted by molar-refractivity contribution is 6.03. The fourth-order valence-corrected chi connectivity index (χ4v) is 4.41. The van der Waals surface area contributed by atoms with Crippen LogP contribution in [0.25, 0.3) is 0 Å². The van der Waals surface area contributed by atoms with Crippen molar-refractivity contribution in [3.8, 4) is 11.5 Å². The summed E-state index contributed by atoms with van der Waals surface area (Å²) in [6.45, 7) is 1.26. The Labute approximate surface area is 181 Å². The first-order valence-corrected chi connectivity index (χ1v) is 10.9. The minimum absolute atomic E-state index is 0.0000579. The summed E-state index contributed by atoms with van der Waals surface area (Å²) < 4.78 is 5.95. The van der Waals surface area contributed by atoms with Crippen LogP contribution in [-0.4, -0.2) is 64.3 Å². The van der Waals surface area contributed by atoms with Gasteiger partial charge in [0, 0.05) is 25.2 Å². The van der Waals surface area contributed by atoms with Gasteiger partial charge >= 0.3 is 6.03 Å². The molecule has 5 rings (SSSR count). The van der Waals surface area contributed by atoms with E-state index in [2.05, 4.69) is 0 Å². The van der Waals surface area contributed by atoms with Gasteiger partial charge in [0.25, 0.3) is 11.8 Å². The maximum atomic E-state index is 13.2. The first kappa shape index (κ1) is 19.6. The number of para-hydroxylation sites is 2. The van der Waals surface area contributed by atoms with Crippen molar-refractivity contribution in [2.24, 2.45) is 0 Å². The Hall–Kier alpha value is -3.35. The van der Waals surface area contributed by atoms with Crippen molar-refractivity contribution in [2.75, 3.05) is 19.6 Å². The van der Waals surface area contributed by atoms with Crippen LogP contribution in [0.4, 0.5) is 4.79 Å². The molecule has 1 aliphatic carbocycles. The number of rotatable bonds is 5. The number of carbonyl (C=O) groups excluding carboxylic acids is 3. The fraction of sp³-hybridized carbons (Fsp3) is 0.375. The summed E-state index contributed by atoms with van der Waals surface area (Å²) in [6.07, 6.45) is 3.18. The fourth-order valence-electron chi connectivity index (χ4n) is 4.41. The summed E-state index contributed by atoms with van der Waals surface area (Å²) in [4.78, 5) is 43.1. The van der Waals surface area contributed by atoms with Crippen LogP contribution in [0.3, 0.4) is 0 Å². The second-order valence-corrected chi connectivity index (χ2v) is 8.34. The SMILES string of the molecule is O=C(c1ccccc1Oc1ccccc1)N1CCC(N2CC(=O)N(C3CC3)C2=O)CC1. The van der Waals surface area contributed by atoms with Crippen LogP contribution in [0, 0.1) is 0 Å². The number of urea groups is 1. The number of carbonyl (C=O) groups is 3. The molecule has 2 heterocycles. The molecule has 3 fully saturated rings. The molecule has 2 aromatic rings. The van der Waals surface area contributed by atoms with Crippen LogP contribution in [0.2, 0.25) is 0 Å². The van der Waals surface area contributed by atoms with E-state index in [0.29, 0.717) is 43.0 Å². The molecule has 7 nitrogen and oxygen atoms in total. The van der Waals surface area contributed by atoms with Crippen LogP contribution in [-0.2, 0) is 4.79 Å². The third kappa shape index (κ3) is 3.87. The first-order chi connectivity index (χ1) is 15.1. The van der Waals surface area contributed by atoms with Crippen molar-refractivity contribution in [3.63, 3.8) is 0 Å². The van der Waals surface area contributed by atoms with Crippen LogP contribution >= 0.6 is 0 Å². The molecular weight excluding hydrogens is 394 g/mol. The van der Waals surface area contributed by atoms with Gasteiger partial charge in [-0.2, -0.15) is 0 Å². The molecule has 4 amide bonds. The third-order valence-corrected chi connectivity index (χ3v) is 6.22. The van der Waals surface area contributed by atoms with Gasteiger partial charge in [0.1, 0.15) is 18.0 Å². The molecule has 3 aliphatic rings. The number of imide groups is 1. The normalized spacial score (nSPS) is 19.8. The van der Waals surface area contributed by atoms with E-state index in [1.54, 1.807) is 17.0 Å². The molecule has 2 aliphatic heterocycles. The highest BCUT2D eigenvalue weighted by Crippen LogP contribution is 2.33. The quantitative estimate of drug-likeness (QED) is 0.696. The highest BCUT2D eigenvalue weighted by atomic mass is 16.5. The van der Waals surface area contributed by atoms with E-state index < -0.39 is 0 Å². The smallest absolute Gasteiger partial charge is 0.327 e. The number of amides is 4. The molecule has 2 aromatic carbocycles. The lowest BCUT2D eigenvalue weighted by Gasteiger charge is -2.36. The molecule has 0 atom stereocenters. The van der Waals surface area contributed by atoms with Crippen LogP contribution in [0.15, 0.2) is 54.6 Å². The molecule has 31 heavy (non-hydrogen) atoms. The van der Waals surface area contributed by atoms with Gasteiger partial charge in [-0.05, 0) is 49.9 Å². The number of piperidine rings is 1. The molecule has 0 radical (unpaired) electrons. The number of hydrogen-bond donors (Lipinski definition) is 0. The topological polar surface area (TPSA) is 70.2 Å². The Morgan fingerprint density at radius 1 is 0.839 bits per heavy atom. The monoisotopic (exact) mass is 419 g/mol. The van der Waals surface area contributed by atoms with Gasteiger partial charge < -0.3 is 14.5 Å². The summed E-state index contributed by atoms with van der Waals surface area (Å²) in [7, 11) is 0. The summed E-state index contributed by atoms with van der Waals surface area (Å²) in [6, 6.07) is 16.6. The van der Waals surface area contributed by atoms with Crippen molar-refractivity contribution in [1.29, 1.82) is 0 Å². The second kappa shape index (κ2) is 8.06. The Bertz CT molecular complexity index is 997. The van der Waals surface area contributed by atoms with Crippen molar-refractivity contribution in [2.45, 2.75) is 37.8 Å². The zero-order chi connectivity index (χ0) is 21.4. The predicted octanol–water partition coefficient (Wildman–Crippen LogP) is 3.51. The van der Waals surface area contributed by atoms with Gasteiger partial charge in [0.05, 0.1) is 5.56 Å². The van der Waals surface area contributed by atoms with E-state index in [0.717, 1.165) is 12.8 Å². The summed E-state index contributed by atoms with van der Waals surface area (Å²) >= 11 is 0. The van der Waals surface area contributed by atoms with E-state index in [1.165, 1.54) is 4.90 Å². The van der Waals surface area contributed by atoms with E-state index in [-0.39, 0.29) is 36.5 Å². The van der Waals surface area contributed by atoms with E-state index in [4.69, 9.17) is 4.74 Å². The highest BCUT2D eigenvalue weighted by Gasteiger charge is 2.47. The standard InChI is InChI=1S/C24H25N3O4/c28-22-16-26(24(30)27(22)18-10-11-18)17-12-14-25(15-13-17)23(29)20-8-4-5-9-21(20)31-19-6-2-1-3-7-19/h1-9,17-18H,10-16H2. The lowest BCUT2D eigenvalue weighted by atomic mass is 10.0. The zero-order valence-electron chi connectivity index (χ0n) is 17.3. The van der Waals surface area contributed by atoms with Gasteiger partial charge in [0.2, 0.25) is 0 Å². The molecule has 0 N–H and O–H groups in total. The third-order valence-electron chi connectivity index (χ3n) is 6.22. The van der Waals surface area contributed by atoms with Crippen LogP contribution in [0.5, 0.6) is 11.5 Å². The largest absolute Gasteiger partial charge is 0.457 e. The average Bonchev–Trinajstić information content (AvgIpc) is 3.59. The Balaban J connectivity index is 1.24. The van der Waals surface area contributed by atoms with Crippen molar-refractivity contribution in [3.05, 3.63) is 60.2 Å². The van der Waals surface area contributed by atoms with Crippen LogP contribution in [0.1, 0.15) is 36.0 Å². The van der Waals surface area contributed by atoms with Crippen LogP contribution < -0.4 is 4.74 Å². The van der Waals surface area contributed by atoms with Crippen molar-refractivity contribution >= 4 is 17.8 Å². The zero-order valence-corrected chi connectivity index (χ0v) is 17.3. The molecule has 0 aromatic heterocycles. The Morgan fingerprint density at radius 2 is 1.52 bits per heavy atom. The van der Waals surface area contributed by atoms with Gasteiger partial charge in [-0.1, -0.05) is 30.3 Å². The summed E-state index contributed by atoms with van der Waals surface area (Å²) in [5.41, 5.74) is 0.525. The minimum atomic E-state index is -0.154. The van der Waals surface area contributed by atoms with Gasteiger partial charge in [0.15, 0.2) is 0 Å². The Morgan fingerprint density at radius 3 is 2.23 bits per heavy atom.